The Bertz CT molecular complexity index is 581. The van der Waals surface area contributed by atoms with E-state index < -0.39 is 0 Å². The Kier molecular flexibility index (Phi) is 7.76. The number of phenolic OH excluding ortho intramolecular Hbond substituents is 1. The summed E-state index contributed by atoms with van der Waals surface area (Å²) in [7, 11) is 0. The molecule has 0 spiro atoms. The van der Waals surface area contributed by atoms with Gasteiger partial charge in [-0.1, -0.05) is 26.0 Å². The van der Waals surface area contributed by atoms with Gasteiger partial charge in [-0.15, -0.1) is 0 Å². The maximum absolute atomic E-state index is 9.92. The molecule has 0 amide bonds. The van der Waals surface area contributed by atoms with Crippen molar-refractivity contribution in [3.05, 3.63) is 28.8 Å². The van der Waals surface area contributed by atoms with E-state index in [1.807, 2.05) is 26.0 Å². The molecule has 0 aromatic heterocycles. The molecule has 1 saturated heterocycles. The summed E-state index contributed by atoms with van der Waals surface area (Å²) < 4.78 is 0. The van der Waals surface area contributed by atoms with Gasteiger partial charge >= 0.3 is 0 Å². The Labute approximate surface area is 158 Å². The van der Waals surface area contributed by atoms with Crippen molar-refractivity contribution in [1.82, 2.24) is 15.5 Å². The number of phenols is 1. The monoisotopic (exact) mass is 360 g/mol. The number of rotatable bonds is 6. The number of hydrogen-bond acceptors (Lipinski definition) is 3. The molecule has 146 valence electrons. The molecule has 1 aliphatic rings. The van der Waals surface area contributed by atoms with E-state index in [2.05, 4.69) is 36.3 Å². The summed E-state index contributed by atoms with van der Waals surface area (Å²) in [6.07, 6.45) is 2.32. The van der Waals surface area contributed by atoms with Crippen LogP contribution in [0.5, 0.6) is 5.75 Å². The Hall–Kier alpha value is -1.75. The van der Waals surface area contributed by atoms with Crippen LogP contribution < -0.4 is 10.6 Å². The fourth-order valence-corrected chi connectivity index (χ4v) is 3.60. The second-order valence-corrected chi connectivity index (χ2v) is 7.89. The molecule has 1 fully saturated rings. The van der Waals surface area contributed by atoms with E-state index in [0.29, 0.717) is 18.3 Å². The third-order valence-electron chi connectivity index (χ3n) is 4.87. The maximum Gasteiger partial charge on any atom is 0.191 e. The number of aryl methyl sites for hydroxylation is 2. The lowest BCUT2D eigenvalue weighted by atomic mass is 10.0. The fourth-order valence-electron chi connectivity index (χ4n) is 3.60. The Morgan fingerprint density at radius 1 is 1.23 bits per heavy atom. The average molecular weight is 361 g/mol. The van der Waals surface area contributed by atoms with Crippen LogP contribution in [0.1, 0.15) is 50.3 Å². The van der Waals surface area contributed by atoms with Gasteiger partial charge in [-0.3, -0.25) is 0 Å². The quantitative estimate of drug-likeness (QED) is 0.539. The lowest BCUT2D eigenvalue weighted by molar-refractivity contribution is 0.187. The van der Waals surface area contributed by atoms with Crippen molar-refractivity contribution in [2.75, 3.05) is 26.2 Å². The first-order valence-electron chi connectivity index (χ1n) is 9.95. The molecule has 0 saturated carbocycles. The van der Waals surface area contributed by atoms with E-state index in [-0.39, 0.29) is 0 Å². The molecule has 0 bridgehead atoms. The van der Waals surface area contributed by atoms with Crippen molar-refractivity contribution in [2.24, 2.45) is 10.9 Å². The van der Waals surface area contributed by atoms with Gasteiger partial charge < -0.3 is 20.6 Å². The Morgan fingerprint density at radius 3 is 2.38 bits per heavy atom. The smallest absolute Gasteiger partial charge is 0.191 e. The van der Waals surface area contributed by atoms with Crippen LogP contribution in [0, 0.1) is 19.8 Å². The molecule has 26 heavy (non-hydrogen) atoms. The third-order valence-corrected chi connectivity index (χ3v) is 4.87. The number of guanidine groups is 1. The number of aliphatic imine (C=N–C) groups is 1. The molecule has 1 aromatic rings. The van der Waals surface area contributed by atoms with Crippen LogP contribution in [-0.4, -0.2) is 48.2 Å². The van der Waals surface area contributed by atoms with E-state index in [4.69, 9.17) is 4.99 Å². The first-order chi connectivity index (χ1) is 12.4. The number of benzene rings is 1. The maximum atomic E-state index is 9.92. The van der Waals surface area contributed by atoms with Gasteiger partial charge in [0.1, 0.15) is 5.75 Å². The molecule has 1 aliphatic heterocycles. The highest BCUT2D eigenvalue weighted by Crippen LogP contribution is 2.23. The molecule has 0 atom stereocenters. The molecule has 5 nitrogen and oxygen atoms in total. The van der Waals surface area contributed by atoms with E-state index in [1.165, 1.54) is 6.54 Å². The molecule has 3 N–H and O–H groups in total. The van der Waals surface area contributed by atoms with E-state index in [9.17, 15) is 5.11 Å². The molecule has 5 heteroatoms. The van der Waals surface area contributed by atoms with Crippen LogP contribution in [0.4, 0.5) is 0 Å². The summed E-state index contributed by atoms with van der Waals surface area (Å²) in [4.78, 5) is 7.32. The van der Waals surface area contributed by atoms with Crippen molar-refractivity contribution in [1.29, 1.82) is 0 Å². The first-order valence-corrected chi connectivity index (χ1v) is 9.95. The summed E-state index contributed by atoms with van der Waals surface area (Å²) >= 11 is 0. The van der Waals surface area contributed by atoms with Gasteiger partial charge in [-0.25, -0.2) is 4.99 Å². The van der Waals surface area contributed by atoms with E-state index in [1.54, 1.807) is 0 Å². The highest BCUT2D eigenvalue weighted by molar-refractivity contribution is 5.80. The van der Waals surface area contributed by atoms with Crippen molar-refractivity contribution >= 4 is 5.96 Å². The number of hydrogen-bond donors (Lipinski definition) is 3. The number of nitrogens with one attached hydrogen (secondary N) is 2. The first kappa shape index (κ1) is 20.6. The van der Waals surface area contributed by atoms with Crippen LogP contribution in [0.15, 0.2) is 17.1 Å². The fraction of sp³-hybridized carbons (Fsp3) is 0.667. The number of aromatic hydroxyl groups is 1. The lowest BCUT2D eigenvalue weighted by Gasteiger charge is -2.34. The van der Waals surface area contributed by atoms with Gasteiger partial charge in [0, 0.05) is 32.2 Å². The van der Waals surface area contributed by atoms with Gasteiger partial charge in [-0.2, -0.15) is 0 Å². The summed E-state index contributed by atoms with van der Waals surface area (Å²) in [6.45, 7) is 15.5. The molecule has 0 aliphatic carbocycles. The van der Waals surface area contributed by atoms with Gasteiger partial charge in [0.05, 0.1) is 6.54 Å². The molecular weight excluding hydrogens is 324 g/mol. The summed E-state index contributed by atoms with van der Waals surface area (Å²) in [6, 6.07) is 4.51. The Balaban J connectivity index is 1.93. The topological polar surface area (TPSA) is 59.9 Å². The number of nitrogens with zero attached hydrogens (tertiary/aromatic N) is 2. The summed E-state index contributed by atoms with van der Waals surface area (Å²) in [5, 5.41) is 16.9. The molecule has 1 aromatic carbocycles. The number of likely N-dealkylation sites (tertiary alicyclic amines) is 1. The normalized spacial score (nSPS) is 16.9. The van der Waals surface area contributed by atoms with Gasteiger partial charge in [0.2, 0.25) is 0 Å². The van der Waals surface area contributed by atoms with E-state index in [0.717, 1.165) is 61.0 Å². The van der Waals surface area contributed by atoms with Gasteiger partial charge in [0.15, 0.2) is 5.96 Å². The van der Waals surface area contributed by atoms with Crippen LogP contribution in [0.25, 0.3) is 0 Å². The second kappa shape index (κ2) is 9.81. The van der Waals surface area contributed by atoms with Gasteiger partial charge in [0.25, 0.3) is 0 Å². The Morgan fingerprint density at radius 2 is 1.85 bits per heavy atom. The zero-order valence-electron chi connectivity index (χ0n) is 17.1. The summed E-state index contributed by atoms with van der Waals surface area (Å²) in [5.74, 6) is 2.00. The second-order valence-electron chi connectivity index (χ2n) is 7.89. The van der Waals surface area contributed by atoms with Gasteiger partial charge in [-0.05, 0) is 56.2 Å². The third kappa shape index (κ3) is 6.20. The average Bonchev–Trinajstić information content (AvgIpc) is 2.59. The molecule has 0 unspecified atom stereocenters. The predicted molar refractivity (Wildman–Crippen MR) is 110 cm³/mol. The van der Waals surface area contributed by atoms with E-state index >= 15 is 0 Å². The standard InChI is InChI=1S/C21H36N4O/c1-6-22-21(23-13-18-11-16(4)20(26)17(5)12-18)24-19-7-9-25(10-8-19)14-15(2)3/h11-12,15,19,26H,6-10,13-14H2,1-5H3,(H2,22,23,24). The van der Waals surface area contributed by atoms with Crippen molar-refractivity contribution in [2.45, 2.75) is 60.0 Å². The molecule has 0 radical (unpaired) electrons. The lowest BCUT2D eigenvalue weighted by Crippen LogP contribution is -2.49. The molecule has 1 heterocycles. The largest absolute Gasteiger partial charge is 0.507 e. The van der Waals surface area contributed by atoms with Crippen LogP contribution >= 0.6 is 0 Å². The minimum absolute atomic E-state index is 0.385. The van der Waals surface area contributed by atoms with Crippen LogP contribution in [-0.2, 0) is 6.54 Å². The van der Waals surface area contributed by atoms with Crippen molar-refractivity contribution in [3.63, 3.8) is 0 Å². The van der Waals surface area contributed by atoms with Crippen LogP contribution in [0.3, 0.4) is 0 Å². The zero-order valence-corrected chi connectivity index (χ0v) is 17.1. The molecular formula is C21H36N4O. The van der Waals surface area contributed by atoms with Crippen LogP contribution in [0.2, 0.25) is 0 Å². The van der Waals surface area contributed by atoms with Crippen molar-refractivity contribution < 1.29 is 5.11 Å². The SMILES string of the molecule is CCNC(=NCc1cc(C)c(O)c(C)c1)NC1CCN(CC(C)C)CC1. The van der Waals surface area contributed by atoms with Crippen molar-refractivity contribution in [3.8, 4) is 5.75 Å². The highest BCUT2D eigenvalue weighted by Gasteiger charge is 2.20. The molecule has 2 rings (SSSR count). The zero-order chi connectivity index (χ0) is 19.1. The number of piperidine rings is 1. The predicted octanol–water partition coefficient (Wildman–Crippen LogP) is 3.18. The minimum atomic E-state index is 0.385. The summed E-state index contributed by atoms with van der Waals surface area (Å²) in [5.41, 5.74) is 2.94. The highest BCUT2D eigenvalue weighted by atomic mass is 16.3. The minimum Gasteiger partial charge on any atom is -0.507 e.